The monoisotopic (exact) mass is 377 g/mol. The molecule has 0 N–H and O–H groups in total. The number of nitrogens with zero attached hydrogens (tertiary/aromatic N) is 5. The van der Waals surface area contributed by atoms with E-state index in [2.05, 4.69) is 5.10 Å². The molecule has 1 aromatic carbocycles. The molecule has 144 valence electrons. The number of hydrogen-bond acceptors (Lipinski definition) is 6. The molecule has 3 rings (SSSR count). The highest BCUT2D eigenvalue weighted by Crippen LogP contribution is 2.31. The van der Waals surface area contributed by atoms with E-state index in [1.165, 1.54) is 28.9 Å². The average Bonchev–Trinajstić information content (AvgIpc) is 2.95. The zero-order valence-corrected chi connectivity index (χ0v) is 15.1. The summed E-state index contributed by atoms with van der Waals surface area (Å²) in [5.41, 5.74) is 0.362. The van der Waals surface area contributed by atoms with E-state index in [1.807, 2.05) is 4.90 Å². The van der Waals surface area contributed by atoms with Crippen molar-refractivity contribution in [3.63, 3.8) is 0 Å². The van der Waals surface area contributed by atoms with Crippen molar-refractivity contribution in [1.29, 1.82) is 0 Å². The van der Waals surface area contributed by atoms with Crippen molar-refractivity contribution in [1.82, 2.24) is 14.7 Å². The molecule has 2 aromatic rings. The number of carbonyl (C=O) groups excluding carboxylic acids is 1. The van der Waals surface area contributed by atoms with Crippen LogP contribution in [0.2, 0.25) is 0 Å². The number of anilines is 1. The molecule has 27 heavy (non-hydrogen) atoms. The van der Waals surface area contributed by atoms with Crippen molar-refractivity contribution in [3.8, 4) is 5.75 Å². The van der Waals surface area contributed by atoms with Gasteiger partial charge in [-0.1, -0.05) is 0 Å². The maximum atomic E-state index is 12.9. The number of aromatic nitrogens is 2. The Balaban J connectivity index is 1.58. The Bertz CT molecular complexity index is 844. The molecule has 9 nitrogen and oxygen atoms in total. The molecule has 0 unspecified atom stereocenters. The van der Waals surface area contributed by atoms with Gasteiger partial charge in [-0.25, -0.2) is 9.07 Å². The fraction of sp³-hybridized carbons (Fsp3) is 0.412. The Morgan fingerprint density at radius 1 is 1.26 bits per heavy atom. The van der Waals surface area contributed by atoms with Crippen LogP contribution in [0.3, 0.4) is 0 Å². The van der Waals surface area contributed by atoms with Crippen molar-refractivity contribution in [2.24, 2.45) is 7.05 Å². The first-order valence-electron chi connectivity index (χ1n) is 8.46. The third kappa shape index (κ3) is 3.99. The number of nitro groups is 1. The van der Waals surface area contributed by atoms with Gasteiger partial charge in [-0.05, 0) is 31.2 Å². The fourth-order valence-corrected chi connectivity index (χ4v) is 3.14. The van der Waals surface area contributed by atoms with E-state index in [9.17, 15) is 19.3 Å². The summed E-state index contributed by atoms with van der Waals surface area (Å²) in [5.74, 6) is 0.315. The van der Waals surface area contributed by atoms with E-state index in [0.717, 1.165) is 0 Å². The maximum absolute atomic E-state index is 12.9. The summed E-state index contributed by atoms with van der Waals surface area (Å²) in [6.07, 6.45) is 0. The Hall–Kier alpha value is -3.17. The first-order valence-corrected chi connectivity index (χ1v) is 8.46. The first-order chi connectivity index (χ1) is 12.9. The molecule has 0 bridgehead atoms. The van der Waals surface area contributed by atoms with Crippen LogP contribution < -0.4 is 9.64 Å². The zero-order valence-electron chi connectivity index (χ0n) is 15.1. The molecule has 0 radical (unpaired) electrons. The fourth-order valence-electron chi connectivity index (χ4n) is 3.14. The Kier molecular flexibility index (Phi) is 5.24. The number of piperazine rings is 1. The molecule has 1 fully saturated rings. The van der Waals surface area contributed by atoms with Gasteiger partial charge in [0, 0.05) is 33.2 Å². The van der Waals surface area contributed by atoms with Crippen LogP contribution in [0, 0.1) is 22.9 Å². The highest BCUT2D eigenvalue weighted by Gasteiger charge is 2.31. The van der Waals surface area contributed by atoms with E-state index in [1.54, 1.807) is 18.9 Å². The summed E-state index contributed by atoms with van der Waals surface area (Å²) in [5, 5.41) is 15.5. The molecule has 10 heteroatoms. The minimum atomic E-state index is -0.425. The van der Waals surface area contributed by atoms with Gasteiger partial charge in [0.25, 0.3) is 5.91 Å². The van der Waals surface area contributed by atoms with Crippen molar-refractivity contribution >= 4 is 17.4 Å². The molecule has 0 atom stereocenters. The second-order valence-electron chi connectivity index (χ2n) is 6.25. The molecule has 1 aromatic heterocycles. The molecule has 1 saturated heterocycles. The molecular weight excluding hydrogens is 357 g/mol. The van der Waals surface area contributed by atoms with Crippen LogP contribution in [-0.4, -0.2) is 58.3 Å². The third-order valence-corrected chi connectivity index (χ3v) is 4.45. The number of amides is 1. The zero-order chi connectivity index (χ0) is 19.6. The highest BCUT2D eigenvalue weighted by molar-refractivity contribution is 5.78. The van der Waals surface area contributed by atoms with E-state index >= 15 is 0 Å². The highest BCUT2D eigenvalue weighted by atomic mass is 19.1. The van der Waals surface area contributed by atoms with Gasteiger partial charge in [0.2, 0.25) is 5.82 Å². The van der Waals surface area contributed by atoms with Crippen LogP contribution in [0.25, 0.3) is 0 Å². The number of ether oxygens (including phenoxy) is 1. The van der Waals surface area contributed by atoms with Crippen LogP contribution in [0.4, 0.5) is 15.9 Å². The summed E-state index contributed by atoms with van der Waals surface area (Å²) in [6, 6.07) is 5.46. The van der Waals surface area contributed by atoms with Crippen LogP contribution in [-0.2, 0) is 11.8 Å². The molecule has 0 saturated carbocycles. The lowest BCUT2D eigenvalue weighted by Gasteiger charge is -2.35. The predicted octanol–water partition coefficient (Wildman–Crippen LogP) is 1.50. The molecule has 0 aliphatic carbocycles. The van der Waals surface area contributed by atoms with Gasteiger partial charge < -0.3 is 14.5 Å². The topological polar surface area (TPSA) is 93.7 Å². The van der Waals surface area contributed by atoms with E-state index in [-0.39, 0.29) is 24.0 Å². The minimum absolute atomic E-state index is 0.00285. The molecule has 1 aliphatic rings. The number of carbonyl (C=O) groups is 1. The smallest absolute Gasteiger partial charge is 0.333 e. The van der Waals surface area contributed by atoms with Crippen LogP contribution in [0.1, 0.15) is 5.69 Å². The first kappa shape index (κ1) is 18.6. The minimum Gasteiger partial charge on any atom is -0.484 e. The summed E-state index contributed by atoms with van der Waals surface area (Å²) in [6.45, 7) is 3.23. The van der Waals surface area contributed by atoms with E-state index in [0.29, 0.717) is 43.4 Å². The van der Waals surface area contributed by atoms with Crippen LogP contribution >= 0.6 is 0 Å². The summed E-state index contributed by atoms with van der Waals surface area (Å²) >= 11 is 0. The maximum Gasteiger partial charge on any atom is 0.333 e. The van der Waals surface area contributed by atoms with Gasteiger partial charge in [-0.3, -0.25) is 14.9 Å². The van der Waals surface area contributed by atoms with Gasteiger partial charge in [0.05, 0.1) is 4.92 Å². The lowest BCUT2D eigenvalue weighted by Crippen LogP contribution is -2.50. The number of aryl methyl sites for hydroxylation is 2. The summed E-state index contributed by atoms with van der Waals surface area (Å²) < 4.78 is 19.8. The summed E-state index contributed by atoms with van der Waals surface area (Å²) in [7, 11) is 1.67. The molecule has 1 aliphatic heterocycles. The largest absolute Gasteiger partial charge is 0.484 e. The van der Waals surface area contributed by atoms with Gasteiger partial charge in [0.1, 0.15) is 17.3 Å². The Morgan fingerprint density at radius 2 is 1.89 bits per heavy atom. The Labute approximate surface area is 155 Å². The number of benzene rings is 1. The second kappa shape index (κ2) is 7.60. The van der Waals surface area contributed by atoms with E-state index < -0.39 is 4.92 Å². The van der Waals surface area contributed by atoms with Gasteiger partial charge in [0.15, 0.2) is 6.61 Å². The normalized spacial score (nSPS) is 14.3. The SMILES string of the molecule is Cc1nn(C)c(N2CCN(C(=O)COc3ccc(F)cc3)CC2)c1[N+](=O)[O-]. The van der Waals surface area contributed by atoms with Gasteiger partial charge >= 0.3 is 5.69 Å². The average molecular weight is 377 g/mol. The predicted molar refractivity (Wildman–Crippen MR) is 95.3 cm³/mol. The lowest BCUT2D eigenvalue weighted by atomic mass is 10.3. The van der Waals surface area contributed by atoms with Crippen LogP contribution in [0.5, 0.6) is 5.75 Å². The lowest BCUT2D eigenvalue weighted by molar-refractivity contribution is -0.384. The third-order valence-electron chi connectivity index (χ3n) is 4.45. The van der Waals surface area contributed by atoms with Crippen LogP contribution in [0.15, 0.2) is 24.3 Å². The van der Waals surface area contributed by atoms with Gasteiger partial charge in [-0.15, -0.1) is 0 Å². The van der Waals surface area contributed by atoms with Crippen molar-refractivity contribution < 1.29 is 18.8 Å². The van der Waals surface area contributed by atoms with Crippen molar-refractivity contribution in [3.05, 3.63) is 45.9 Å². The summed E-state index contributed by atoms with van der Waals surface area (Å²) in [4.78, 5) is 26.7. The van der Waals surface area contributed by atoms with Crippen molar-refractivity contribution in [2.75, 3.05) is 37.7 Å². The number of hydrogen-bond donors (Lipinski definition) is 0. The molecule has 2 heterocycles. The number of rotatable bonds is 5. The van der Waals surface area contributed by atoms with Crippen molar-refractivity contribution in [2.45, 2.75) is 6.92 Å². The molecule has 1 amide bonds. The van der Waals surface area contributed by atoms with Gasteiger partial charge in [-0.2, -0.15) is 5.10 Å². The number of halogens is 1. The quantitative estimate of drug-likeness (QED) is 0.579. The standard InChI is InChI=1S/C17H20FN5O4/c1-12-16(23(25)26)17(20(2)19-12)22-9-7-21(8-10-22)15(24)11-27-14-5-3-13(18)4-6-14/h3-6H,7-11H2,1-2H3. The second-order valence-corrected chi connectivity index (χ2v) is 6.25. The molecular formula is C17H20FN5O4. The van der Waals surface area contributed by atoms with E-state index in [4.69, 9.17) is 4.74 Å². The Morgan fingerprint density at radius 3 is 2.48 bits per heavy atom. The molecule has 0 spiro atoms.